The Balaban J connectivity index is 1.63. The van der Waals surface area contributed by atoms with Crippen LogP contribution in [0.4, 0.5) is 0 Å². The molecule has 0 saturated carbocycles. The summed E-state index contributed by atoms with van der Waals surface area (Å²) in [7, 11) is 6.00. The first-order valence-corrected chi connectivity index (χ1v) is 7.81. The molecule has 1 aliphatic heterocycles. The summed E-state index contributed by atoms with van der Waals surface area (Å²) in [6, 6.07) is 7.79. The van der Waals surface area contributed by atoms with E-state index in [1.807, 2.05) is 24.3 Å². The zero-order valence-corrected chi connectivity index (χ0v) is 13.5. The summed E-state index contributed by atoms with van der Waals surface area (Å²) in [5, 5.41) is 0. The summed E-state index contributed by atoms with van der Waals surface area (Å²) in [5.74, 6) is 2.64. The second kappa shape index (κ2) is 8.25. The highest BCUT2D eigenvalue weighted by Gasteiger charge is 2.19. The van der Waals surface area contributed by atoms with Gasteiger partial charge in [-0.25, -0.2) is 0 Å². The van der Waals surface area contributed by atoms with Crippen LogP contribution in [0.15, 0.2) is 24.3 Å². The summed E-state index contributed by atoms with van der Waals surface area (Å²) in [5.41, 5.74) is 0. The van der Waals surface area contributed by atoms with Crippen LogP contribution in [0.2, 0.25) is 0 Å². The molecule has 0 N–H and O–H groups in total. The van der Waals surface area contributed by atoms with Crippen LogP contribution >= 0.6 is 0 Å². The molecule has 1 saturated heterocycles. The Morgan fingerprint density at radius 2 is 1.71 bits per heavy atom. The predicted molar refractivity (Wildman–Crippen MR) is 86.2 cm³/mol. The predicted octanol–water partition coefficient (Wildman–Crippen LogP) is 2.35. The lowest BCUT2D eigenvalue weighted by atomic mass is 9.96. The van der Waals surface area contributed by atoms with E-state index in [9.17, 15) is 0 Å². The Labute approximate surface area is 128 Å². The molecule has 1 aromatic carbocycles. The first kappa shape index (κ1) is 16.1. The lowest BCUT2D eigenvalue weighted by molar-refractivity contribution is 0.141. The quantitative estimate of drug-likeness (QED) is 0.770. The van der Waals surface area contributed by atoms with Crippen molar-refractivity contribution >= 4 is 0 Å². The molecule has 1 heterocycles. The van der Waals surface area contributed by atoms with E-state index in [0.29, 0.717) is 0 Å². The molecule has 0 amide bonds. The summed E-state index contributed by atoms with van der Waals surface area (Å²) in [6.07, 6.45) is 2.61. The normalized spacial score (nSPS) is 17.1. The van der Waals surface area contributed by atoms with Crippen LogP contribution in [0.5, 0.6) is 11.5 Å². The maximum absolute atomic E-state index is 5.79. The van der Waals surface area contributed by atoms with Crippen molar-refractivity contribution in [3.05, 3.63) is 24.3 Å². The molecule has 0 atom stereocenters. The molecule has 21 heavy (non-hydrogen) atoms. The zero-order valence-electron chi connectivity index (χ0n) is 13.5. The fourth-order valence-electron chi connectivity index (χ4n) is 2.87. The second-order valence-electron chi connectivity index (χ2n) is 6.07. The van der Waals surface area contributed by atoms with Gasteiger partial charge in [-0.1, -0.05) is 0 Å². The first-order chi connectivity index (χ1) is 10.2. The number of benzene rings is 1. The number of hydrogen-bond acceptors (Lipinski definition) is 4. The standard InChI is InChI=1S/C17H28N2O2/c1-18(2)14-15-8-10-19(11-9-15)12-13-21-17-6-4-16(20-3)5-7-17/h4-7,15H,8-14H2,1-3H3. The average molecular weight is 292 g/mol. The highest BCUT2D eigenvalue weighted by Crippen LogP contribution is 2.19. The zero-order chi connectivity index (χ0) is 15.1. The molecule has 0 bridgehead atoms. The van der Waals surface area contributed by atoms with E-state index in [4.69, 9.17) is 9.47 Å². The highest BCUT2D eigenvalue weighted by molar-refractivity contribution is 5.31. The Kier molecular flexibility index (Phi) is 6.33. The number of ether oxygens (including phenoxy) is 2. The van der Waals surface area contributed by atoms with Crippen LogP contribution in [-0.4, -0.2) is 63.8 Å². The highest BCUT2D eigenvalue weighted by atomic mass is 16.5. The molecule has 1 fully saturated rings. The van der Waals surface area contributed by atoms with Crippen LogP contribution in [-0.2, 0) is 0 Å². The van der Waals surface area contributed by atoms with E-state index in [2.05, 4.69) is 23.9 Å². The fourth-order valence-corrected chi connectivity index (χ4v) is 2.87. The van der Waals surface area contributed by atoms with Gasteiger partial charge in [0.1, 0.15) is 18.1 Å². The van der Waals surface area contributed by atoms with Gasteiger partial charge in [-0.3, -0.25) is 4.90 Å². The molecule has 0 aromatic heterocycles. The van der Waals surface area contributed by atoms with Gasteiger partial charge in [-0.05, 0) is 70.2 Å². The molecule has 0 aliphatic carbocycles. The Morgan fingerprint density at radius 1 is 1.10 bits per heavy atom. The van der Waals surface area contributed by atoms with Crippen molar-refractivity contribution in [3.63, 3.8) is 0 Å². The lowest BCUT2D eigenvalue weighted by Gasteiger charge is -2.33. The Bertz CT molecular complexity index is 398. The van der Waals surface area contributed by atoms with Gasteiger partial charge in [0.25, 0.3) is 0 Å². The maximum atomic E-state index is 5.79. The van der Waals surface area contributed by atoms with Crippen molar-refractivity contribution in [1.82, 2.24) is 9.80 Å². The van der Waals surface area contributed by atoms with E-state index >= 15 is 0 Å². The molecule has 0 unspecified atom stereocenters. The monoisotopic (exact) mass is 292 g/mol. The number of nitrogens with zero attached hydrogens (tertiary/aromatic N) is 2. The van der Waals surface area contributed by atoms with Gasteiger partial charge in [0.05, 0.1) is 7.11 Å². The third-order valence-corrected chi connectivity index (χ3v) is 4.07. The van der Waals surface area contributed by atoms with Crippen molar-refractivity contribution in [3.8, 4) is 11.5 Å². The van der Waals surface area contributed by atoms with Crippen LogP contribution in [0.25, 0.3) is 0 Å². The number of methoxy groups -OCH3 is 1. The third-order valence-electron chi connectivity index (χ3n) is 4.07. The van der Waals surface area contributed by atoms with Crippen molar-refractivity contribution in [2.24, 2.45) is 5.92 Å². The van der Waals surface area contributed by atoms with E-state index in [0.717, 1.165) is 30.6 Å². The molecular formula is C17H28N2O2. The van der Waals surface area contributed by atoms with Crippen LogP contribution in [0.1, 0.15) is 12.8 Å². The molecule has 2 rings (SSSR count). The van der Waals surface area contributed by atoms with Crippen LogP contribution < -0.4 is 9.47 Å². The number of rotatable bonds is 7. The second-order valence-corrected chi connectivity index (χ2v) is 6.07. The minimum atomic E-state index is 0.755. The maximum Gasteiger partial charge on any atom is 0.119 e. The van der Waals surface area contributed by atoms with E-state index < -0.39 is 0 Å². The number of hydrogen-bond donors (Lipinski definition) is 0. The van der Waals surface area contributed by atoms with Crippen molar-refractivity contribution in [2.75, 3.05) is 54.0 Å². The number of piperidine rings is 1. The third kappa shape index (κ3) is 5.56. The summed E-state index contributed by atoms with van der Waals surface area (Å²) in [6.45, 7) is 5.39. The van der Waals surface area contributed by atoms with E-state index in [-0.39, 0.29) is 0 Å². The number of likely N-dealkylation sites (tertiary alicyclic amines) is 1. The minimum absolute atomic E-state index is 0.755. The Hall–Kier alpha value is -1.26. The first-order valence-electron chi connectivity index (χ1n) is 7.81. The van der Waals surface area contributed by atoms with Crippen molar-refractivity contribution in [2.45, 2.75) is 12.8 Å². The van der Waals surface area contributed by atoms with Gasteiger partial charge >= 0.3 is 0 Å². The SMILES string of the molecule is COc1ccc(OCCN2CCC(CN(C)C)CC2)cc1. The molecule has 4 heteroatoms. The van der Waals surface area contributed by atoms with Crippen LogP contribution in [0, 0.1) is 5.92 Å². The van der Waals surface area contributed by atoms with Gasteiger partial charge < -0.3 is 14.4 Å². The van der Waals surface area contributed by atoms with Gasteiger partial charge in [-0.15, -0.1) is 0 Å². The molecule has 1 aromatic rings. The summed E-state index contributed by atoms with van der Waals surface area (Å²) in [4.78, 5) is 4.81. The van der Waals surface area contributed by atoms with E-state index in [1.165, 1.54) is 32.5 Å². The molecule has 0 radical (unpaired) electrons. The topological polar surface area (TPSA) is 24.9 Å². The summed E-state index contributed by atoms with van der Waals surface area (Å²) >= 11 is 0. The molecule has 4 nitrogen and oxygen atoms in total. The average Bonchev–Trinajstić information content (AvgIpc) is 2.49. The Morgan fingerprint density at radius 3 is 2.29 bits per heavy atom. The van der Waals surface area contributed by atoms with Gasteiger partial charge in [0, 0.05) is 13.1 Å². The molecule has 1 aliphatic rings. The molecular weight excluding hydrogens is 264 g/mol. The van der Waals surface area contributed by atoms with E-state index in [1.54, 1.807) is 7.11 Å². The van der Waals surface area contributed by atoms with Gasteiger partial charge in [-0.2, -0.15) is 0 Å². The smallest absolute Gasteiger partial charge is 0.119 e. The minimum Gasteiger partial charge on any atom is -0.497 e. The molecule has 0 spiro atoms. The van der Waals surface area contributed by atoms with Crippen LogP contribution in [0.3, 0.4) is 0 Å². The largest absolute Gasteiger partial charge is 0.497 e. The molecule has 118 valence electrons. The van der Waals surface area contributed by atoms with Crippen molar-refractivity contribution in [1.29, 1.82) is 0 Å². The fraction of sp³-hybridized carbons (Fsp3) is 0.647. The van der Waals surface area contributed by atoms with Gasteiger partial charge in [0.2, 0.25) is 0 Å². The lowest BCUT2D eigenvalue weighted by Crippen LogP contribution is -2.39. The summed E-state index contributed by atoms with van der Waals surface area (Å²) < 4.78 is 10.9. The van der Waals surface area contributed by atoms with Crippen molar-refractivity contribution < 1.29 is 9.47 Å². The van der Waals surface area contributed by atoms with Gasteiger partial charge in [0.15, 0.2) is 0 Å².